The third kappa shape index (κ3) is 4.23. The van der Waals surface area contributed by atoms with Crippen LogP contribution in [0.2, 0.25) is 0 Å². The number of H-pyrrole nitrogens is 1. The summed E-state index contributed by atoms with van der Waals surface area (Å²) in [7, 11) is 0. The second-order valence-electron chi connectivity index (χ2n) is 9.99. The van der Waals surface area contributed by atoms with E-state index in [1.54, 1.807) is 38.8 Å². The molecule has 0 spiro atoms. The zero-order chi connectivity index (χ0) is 25.6. The van der Waals surface area contributed by atoms with Crippen molar-refractivity contribution in [2.75, 3.05) is 19.6 Å². The minimum Gasteiger partial charge on any atom is -0.350 e. The van der Waals surface area contributed by atoms with Crippen LogP contribution in [0.4, 0.5) is 4.39 Å². The Hall–Kier alpha value is -4.08. The fourth-order valence-corrected chi connectivity index (χ4v) is 4.67. The molecule has 186 valence electrons. The highest BCUT2D eigenvalue weighted by Crippen LogP contribution is 2.28. The smallest absolute Gasteiger partial charge is 0.274 e. The molecule has 4 aromatic rings. The van der Waals surface area contributed by atoms with Crippen molar-refractivity contribution in [3.63, 3.8) is 0 Å². The number of hydrogen-bond donors (Lipinski definition) is 1. The molecule has 0 aliphatic carbocycles. The van der Waals surface area contributed by atoms with Gasteiger partial charge in [-0.25, -0.2) is 18.9 Å². The Kier molecular flexibility index (Phi) is 5.82. The van der Waals surface area contributed by atoms with E-state index in [4.69, 9.17) is 0 Å². The molecule has 1 aliphatic rings. The number of halogens is 1. The van der Waals surface area contributed by atoms with Crippen LogP contribution in [0, 0.1) is 5.82 Å². The quantitative estimate of drug-likeness (QED) is 0.471. The van der Waals surface area contributed by atoms with Crippen molar-refractivity contribution in [1.29, 1.82) is 0 Å². The van der Waals surface area contributed by atoms with Crippen LogP contribution in [0.15, 0.2) is 49.1 Å². The minimum atomic E-state index is -0.606. The Labute approximate surface area is 208 Å². The normalized spacial score (nSPS) is 15.6. The molecular weight excluding hydrogens is 461 g/mol. The summed E-state index contributed by atoms with van der Waals surface area (Å²) in [5, 5.41) is 4.66. The third-order valence-corrected chi connectivity index (χ3v) is 6.59. The predicted octanol–water partition coefficient (Wildman–Crippen LogP) is 3.76. The highest BCUT2D eigenvalue weighted by atomic mass is 19.1. The van der Waals surface area contributed by atoms with Gasteiger partial charge in [-0.15, -0.1) is 0 Å². The molecule has 1 fully saturated rings. The summed E-state index contributed by atoms with van der Waals surface area (Å²) in [5.74, 6) is -0.556. The molecule has 9 nitrogen and oxygen atoms in total. The average molecular weight is 490 g/mol. The number of fused-ring (bicyclic) bond motifs is 1. The first-order valence-electron chi connectivity index (χ1n) is 11.9. The van der Waals surface area contributed by atoms with E-state index in [0.717, 1.165) is 11.1 Å². The van der Waals surface area contributed by atoms with Crippen LogP contribution in [-0.4, -0.2) is 71.4 Å². The molecule has 1 aliphatic heterocycles. The highest BCUT2D eigenvalue weighted by Gasteiger charge is 2.40. The molecular formula is C26H28FN7O2. The SMILES string of the molecule is CC(C)c1cc(-c2ccc(F)cc2)nn2cc(C(=O)N3CCN(C(=O)c4c[nH]cn4)CC3(C)C)nc12. The van der Waals surface area contributed by atoms with Crippen LogP contribution in [0.25, 0.3) is 16.9 Å². The Bertz CT molecular complexity index is 1420. The zero-order valence-corrected chi connectivity index (χ0v) is 20.7. The maximum absolute atomic E-state index is 13.6. The van der Waals surface area contributed by atoms with Gasteiger partial charge in [0.15, 0.2) is 5.65 Å². The van der Waals surface area contributed by atoms with Crippen LogP contribution >= 0.6 is 0 Å². The summed E-state index contributed by atoms with van der Waals surface area (Å²) >= 11 is 0. The Balaban J connectivity index is 1.45. The van der Waals surface area contributed by atoms with E-state index >= 15 is 0 Å². The van der Waals surface area contributed by atoms with Crippen LogP contribution in [0.1, 0.15) is 60.2 Å². The molecule has 5 rings (SSSR count). The van der Waals surface area contributed by atoms with E-state index < -0.39 is 5.54 Å². The maximum Gasteiger partial charge on any atom is 0.274 e. The van der Waals surface area contributed by atoms with E-state index in [2.05, 4.69) is 33.9 Å². The monoisotopic (exact) mass is 489 g/mol. The number of hydrogen-bond acceptors (Lipinski definition) is 5. The zero-order valence-electron chi connectivity index (χ0n) is 20.7. The number of nitrogens with one attached hydrogen (secondary N) is 1. The molecule has 10 heteroatoms. The minimum absolute atomic E-state index is 0.132. The summed E-state index contributed by atoms with van der Waals surface area (Å²) in [5.41, 5.74) is 3.05. The van der Waals surface area contributed by atoms with E-state index in [1.165, 1.54) is 18.5 Å². The van der Waals surface area contributed by atoms with E-state index in [0.29, 0.717) is 42.4 Å². The molecule has 4 heterocycles. The van der Waals surface area contributed by atoms with Gasteiger partial charge in [-0.2, -0.15) is 5.10 Å². The van der Waals surface area contributed by atoms with Gasteiger partial charge in [-0.3, -0.25) is 9.59 Å². The maximum atomic E-state index is 13.6. The van der Waals surface area contributed by atoms with E-state index in [1.807, 2.05) is 19.9 Å². The molecule has 1 N–H and O–H groups in total. The van der Waals surface area contributed by atoms with Crippen LogP contribution in [0.5, 0.6) is 0 Å². The number of aromatic amines is 1. The largest absolute Gasteiger partial charge is 0.350 e. The highest BCUT2D eigenvalue weighted by molar-refractivity contribution is 5.95. The topological polar surface area (TPSA) is 99.5 Å². The first-order valence-corrected chi connectivity index (χ1v) is 11.9. The second kappa shape index (κ2) is 8.85. The lowest BCUT2D eigenvalue weighted by atomic mass is 9.98. The van der Waals surface area contributed by atoms with Gasteiger partial charge in [-0.05, 0) is 50.1 Å². The number of aromatic nitrogens is 5. The molecule has 0 unspecified atom stereocenters. The molecule has 1 saturated heterocycles. The number of amides is 2. The van der Waals surface area contributed by atoms with Crippen molar-refractivity contribution < 1.29 is 14.0 Å². The first-order chi connectivity index (χ1) is 17.1. The Morgan fingerprint density at radius 2 is 1.83 bits per heavy atom. The predicted molar refractivity (Wildman–Crippen MR) is 132 cm³/mol. The van der Waals surface area contributed by atoms with Crippen molar-refractivity contribution in [1.82, 2.24) is 34.4 Å². The molecule has 3 aromatic heterocycles. The van der Waals surface area contributed by atoms with Gasteiger partial charge in [-0.1, -0.05) is 13.8 Å². The summed E-state index contributed by atoms with van der Waals surface area (Å²) in [4.78, 5) is 41.4. The van der Waals surface area contributed by atoms with Crippen molar-refractivity contribution >= 4 is 17.5 Å². The van der Waals surface area contributed by atoms with Gasteiger partial charge in [0.05, 0.1) is 23.8 Å². The number of rotatable bonds is 4. The molecule has 2 amide bonds. The standard InChI is InChI=1S/C26H28FN7O2/c1-16(2)19-11-20(17-5-7-18(27)8-6-17)31-34-13-22(30-23(19)34)25(36)33-10-9-32(14-26(33,3)4)24(35)21-12-28-15-29-21/h5-8,11-13,15-16H,9-10,14H2,1-4H3,(H,28,29). The van der Waals surface area contributed by atoms with Crippen LogP contribution in [-0.2, 0) is 0 Å². The van der Waals surface area contributed by atoms with Gasteiger partial charge >= 0.3 is 0 Å². The lowest BCUT2D eigenvalue weighted by molar-refractivity contribution is 0.0163. The summed E-state index contributed by atoms with van der Waals surface area (Å²) in [6.45, 7) is 9.14. The van der Waals surface area contributed by atoms with E-state index in [9.17, 15) is 14.0 Å². The number of carbonyl (C=O) groups is 2. The molecule has 1 aromatic carbocycles. The molecule has 0 radical (unpaired) electrons. The number of benzene rings is 1. The average Bonchev–Trinajstić information content (AvgIpc) is 3.52. The van der Waals surface area contributed by atoms with Crippen molar-refractivity contribution in [3.05, 3.63) is 71.8 Å². The summed E-state index contributed by atoms with van der Waals surface area (Å²) in [6, 6.07) is 8.11. The van der Waals surface area contributed by atoms with Crippen molar-refractivity contribution in [2.24, 2.45) is 0 Å². The van der Waals surface area contributed by atoms with Crippen molar-refractivity contribution in [2.45, 2.75) is 39.2 Å². The molecule has 0 atom stereocenters. The van der Waals surface area contributed by atoms with Crippen molar-refractivity contribution in [3.8, 4) is 11.3 Å². The number of nitrogens with zero attached hydrogens (tertiary/aromatic N) is 6. The van der Waals surface area contributed by atoms with Gasteiger partial charge in [0.2, 0.25) is 0 Å². The number of imidazole rings is 2. The number of carbonyl (C=O) groups excluding carboxylic acids is 2. The lowest BCUT2D eigenvalue weighted by Gasteiger charge is -2.46. The second-order valence-corrected chi connectivity index (χ2v) is 9.99. The van der Waals surface area contributed by atoms with Gasteiger partial charge in [0, 0.05) is 37.0 Å². The molecule has 0 bridgehead atoms. The summed E-state index contributed by atoms with van der Waals surface area (Å²) in [6.07, 6.45) is 4.69. The van der Waals surface area contributed by atoms with Crippen LogP contribution in [0.3, 0.4) is 0 Å². The summed E-state index contributed by atoms with van der Waals surface area (Å²) < 4.78 is 15.1. The van der Waals surface area contributed by atoms with Gasteiger partial charge in [0.25, 0.3) is 11.8 Å². The first kappa shape index (κ1) is 23.7. The lowest BCUT2D eigenvalue weighted by Crippen LogP contribution is -2.62. The third-order valence-electron chi connectivity index (χ3n) is 6.59. The van der Waals surface area contributed by atoms with Gasteiger partial charge in [0.1, 0.15) is 17.2 Å². The van der Waals surface area contributed by atoms with Crippen LogP contribution < -0.4 is 0 Å². The molecule has 36 heavy (non-hydrogen) atoms. The molecule has 0 saturated carbocycles. The number of piperazine rings is 1. The van der Waals surface area contributed by atoms with E-state index in [-0.39, 0.29) is 23.5 Å². The Morgan fingerprint density at radius 3 is 2.47 bits per heavy atom. The Morgan fingerprint density at radius 1 is 1.08 bits per heavy atom. The fourth-order valence-electron chi connectivity index (χ4n) is 4.67. The fraction of sp³-hybridized carbons (Fsp3) is 0.346. The van der Waals surface area contributed by atoms with Gasteiger partial charge < -0.3 is 14.8 Å².